The van der Waals surface area contributed by atoms with Gasteiger partial charge in [-0.2, -0.15) is 0 Å². The summed E-state index contributed by atoms with van der Waals surface area (Å²) in [6, 6.07) is 6.85. The highest BCUT2D eigenvalue weighted by Crippen LogP contribution is 2.23. The first-order chi connectivity index (χ1) is 10.1. The molecule has 1 amide bonds. The Bertz CT molecular complexity index is 513. The normalized spacial score (nSPS) is 19.4. The van der Waals surface area contributed by atoms with Gasteiger partial charge < -0.3 is 10.0 Å². The van der Waals surface area contributed by atoms with E-state index in [-0.39, 0.29) is 11.5 Å². The third kappa shape index (κ3) is 4.31. The molecule has 1 N–H and O–H groups in total. The molecule has 0 radical (unpaired) electrons. The van der Waals surface area contributed by atoms with E-state index in [9.17, 15) is 9.59 Å². The van der Waals surface area contributed by atoms with Crippen LogP contribution in [-0.2, 0) is 11.3 Å². The number of benzene rings is 1. The second-order valence-electron chi connectivity index (χ2n) is 5.80. The first kappa shape index (κ1) is 15.5. The number of carboxylic acid groups (broad SMARTS) is 1. The number of aromatic carboxylic acids is 1. The predicted molar refractivity (Wildman–Crippen MR) is 81.1 cm³/mol. The van der Waals surface area contributed by atoms with Gasteiger partial charge in [0.1, 0.15) is 0 Å². The van der Waals surface area contributed by atoms with E-state index in [4.69, 9.17) is 5.11 Å². The van der Waals surface area contributed by atoms with Gasteiger partial charge in [0.25, 0.3) is 0 Å². The van der Waals surface area contributed by atoms with Crippen LogP contribution in [0.4, 0.5) is 0 Å². The smallest absolute Gasteiger partial charge is 0.335 e. The number of nitrogens with zero attached hydrogens (tertiary/aromatic N) is 1. The van der Waals surface area contributed by atoms with E-state index >= 15 is 0 Å². The molecular weight excluding hydrogens is 266 g/mol. The van der Waals surface area contributed by atoms with Crippen LogP contribution >= 0.6 is 0 Å². The van der Waals surface area contributed by atoms with Crippen molar-refractivity contribution in [1.82, 2.24) is 4.90 Å². The number of hydrogen-bond acceptors (Lipinski definition) is 2. The third-order valence-corrected chi connectivity index (χ3v) is 4.17. The van der Waals surface area contributed by atoms with E-state index in [0.717, 1.165) is 24.9 Å². The van der Waals surface area contributed by atoms with E-state index in [1.54, 1.807) is 18.2 Å². The van der Waals surface area contributed by atoms with Crippen molar-refractivity contribution in [2.75, 3.05) is 6.54 Å². The van der Waals surface area contributed by atoms with Crippen LogP contribution in [0.25, 0.3) is 0 Å². The molecule has 1 atom stereocenters. The van der Waals surface area contributed by atoms with Crippen LogP contribution < -0.4 is 0 Å². The average Bonchev–Trinajstić information content (AvgIpc) is 2.64. The Hall–Kier alpha value is -1.84. The van der Waals surface area contributed by atoms with Gasteiger partial charge in [-0.05, 0) is 36.5 Å². The van der Waals surface area contributed by atoms with E-state index in [0.29, 0.717) is 18.9 Å². The van der Waals surface area contributed by atoms with E-state index in [1.165, 1.54) is 12.8 Å². The zero-order chi connectivity index (χ0) is 15.2. The topological polar surface area (TPSA) is 57.6 Å². The van der Waals surface area contributed by atoms with Crippen LogP contribution in [0.5, 0.6) is 0 Å². The molecule has 1 fully saturated rings. The summed E-state index contributed by atoms with van der Waals surface area (Å²) in [5.74, 6) is -0.0920. The van der Waals surface area contributed by atoms with Gasteiger partial charge in [0.05, 0.1) is 5.56 Å². The molecule has 0 aliphatic carbocycles. The van der Waals surface area contributed by atoms with Gasteiger partial charge in [-0.3, -0.25) is 4.79 Å². The first-order valence-corrected chi connectivity index (χ1v) is 7.70. The summed E-state index contributed by atoms with van der Waals surface area (Å²) in [7, 11) is 0. The van der Waals surface area contributed by atoms with Crippen molar-refractivity contribution in [1.29, 1.82) is 0 Å². The summed E-state index contributed by atoms with van der Waals surface area (Å²) in [6.07, 6.45) is 5.01. The van der Waals surface area contributed by atoms with Crippen molar-refractivity contribution in [3.8, 4) is 0 Å². The van der Waals surface area contributed by atoms with Gasteiger partial charge >= 0.3 is 5.97 Å². The number of carbonyl (C=O) groups is 2. The molecule has 2 rings (SSSR count). The average molecular weight is 289 g/mol. The van der Waals surface area contributed by atoms with Crippen LogP contribution in [0.1, 0.15) is 54.9 Å². The van der Waals surface area contributed by atoms with Crippen LogP contribution in [0.2, 0.25) is 0 Å². The first-order valence-electron chi connectivity index (χ1n) is 7.70. The molecule has 0 bridgehead atoms. The van der Waals surface area contributed by atoms with Gasteiger partial charge in [-0.15, -0.1) is 0 Å². The molecular formula is C17H23NO3. The molecule has 4 heteroatoms. The molecule has 1 aliphatic heterocycles. The van der Waals surface area contributed by atoms with Gasteiger partial charge in [-0.25, -0.2) is 4.79 Å². The Kier molecular flexibility index (Phi) is 5.37. The molecule has 0 aromatic heterocycles. The molecule has 1 aromatic rings. The van der Waals surface area contributed by atoms with Gasteiger partial charge in [0.2, 0.25) is 5.91 Å². The zero-order valence-corrected chi connectivity index (χ0v) is 12.5. The van der Waals surface area contributed by atoms with E-state index < -0.39 is 5.97 Å². The zero-order valence-electron chi connectivity index (χ0n) is 12.5. The Morgan fingerprint density at radius 1 is 1.38 bits per heavy atom. The standard InChI is InChI=1S/C17H23NO3/c1-2-4-13-7-8-16(19)18(10-9-13)12-14-5-3-6-15(11-14)17(20)21/h3,5-6,11,13H,2,4,7-10,12H2,1H3,(H,20,21). The van der Waals surface area contributed by atoms with Gasteiger partial charge in [0.15, 0.2) is 0 Å². The lowest BCUT2D eigenvalue weighted by atomic mass is 9.96. The largest absolute Gasteiger partial charge is 0.478 e. The fourth-order valence-corrected chi connectivity index (χ4v) is 2.98. The SMILES string of the molecule is CCCC1CCC(=O)N(Cc2cccc(C(=O)O)c2)CC1. The Morgan fingerprint density at radius 3 is 2.90 bits per heavy atom. The number of carbonyl (C=O) groups excluding carboxylic acids is 1. The summed E-state index contributed by atoms with van der Waals surface area (Å²) in [5.41, 5.74) is 1.16. The van der Waals surface area contributed by atoms with Gasteiger partial charge in [-0.1, -0.05) is 31.9 Å². The number of likely N-dealkylation sites (tertiary alicyclic amines) is 1. The third-order valence-electron chi connectivity index (χ3n) is 4.17. The minimum Gasteiger partial charge on any atom is -0.478 e. The molecule has 21 heavy (non-hydrogen) atoms. The lowest BCUT2D eigenvalue weighted by Crippen LogP contribution is -2.29. The molecule has 1 saturated heterocycles. The molecule has 0 saturated carbocycles. The van der Waals surface area contributed by atoms with Crippen LogP contribution in [0, 0.1) is 5.92 Å². The van der Waals surface area contributed by atoms with Crippen LogP contribution in [0.3, 0.4) is 0 Å². The van der Waals surface area contributed by atoms with E-state index in [1.807, 2.05) is 11.0 Å². The van der Waals surface area contributed by atoms with Crippen molar-refractivity contribution in [3.05, 3.63) is 35.4 Å². The molecule has 114 valence electrons. The van der Waals surface area contributed by atoms with E-state index in [2.05, 4.69) is 6.92 Å². The molecule has 4 nitrogen and oxygen atoms in total. The Morgan fingerprint density at radius 2 is 2.19 bits per heavy atom. The van der Waals surface area contributed by atoms with Crippen molar-refractivity contribution in [2.24, 2.45) is 5.92 Å². The predicted octanol–water partition coefficient (Wildman–Crippen LogP) is 3.31. The highest BCUT2D eigenvalue weighted by atomic mass is 16.4. The summed E-state index contributed by atoms with van der Waals surface area (Å²) in [4.78, 5) is 25.1. The fraction of sp³-hybridized carbons (Fsp3) is 0.529. The summed E-state index contributed by atoms with van der Waals surface area (Å²) in [6.45, 7) is 3.47. The van der Waals surface area contributed by atoms with Crippen LogP contribution in [0.15, 0.2) is 24.3 Å². The second-order valence-corrected chi connectivity index (χ2v) is 5.80. The molecule has 1 aromatic carbocycles. The van der Waals surface area contributed by atoms with Crippen molar-refractivity contribution in [3.63, 3.8) is 0 Å². The van der Waals surface area contributed by atoms with Crippen molar-refractivity contribution in [2.45, 2.75) is 45.6 Å². The highest BCUT2D eigenvalue weighted by molar-refractivity contribution is 5.87. The Balaban J connectivity index is 2.02. The number of hydrogen-bond donors (Lipinski definition) is 1. The maximum absolute atomic E-state index is 12.2. The lowest BCUT2D eigenvalue weighted by molar-refractivity contribution is -0.131. The van der Waals surface area contributed by atoms with Crippen LogP contribution in [-0.4, -0.2) is 28.4 Å². The summed E-state index contributed by atoms with van der Waals surface area (Å²) in [5, 5.41) is 9.03. The molecule has 1 aliphatic rings. The van der Waals surface area contributed by atoms with Crippen molar-refractivity contribution < 1.29 is 14.7 Å². The highest BCUT2D eigenvalue weighted by Gasteiger charge is 2.22. The Labute approximate surface area is 125 Å². The quantitative estimate of drug-likeness (QED) is 0.904. The summed E-state index contributed by atoms with van der Waals surface area (Å²) >= 11 is 0. The maximum atomic E-state index is 12.2. The maximum Gasteiger partial charge on any atom is 0.335 e. The molecule has 1 unspecified atom stereocenters. The second kappa shape index (κ2) is 7.25. The minimum atomic E-state index is -0.929. The molecule has 0 spiro atoms. The summed E-state index contributed by atoms with van der Waals surface area (Å²) < 4.78 is 0. The van der Waals surface area contributed by atoms with Gasteiger partial charge in [0, 0.05) is 19.5 Å². The fourth-order valence-electron chi connectivity index (χ4n) is 2.98. The number of carboxylic acids is 1. The number of amides is 1. The van der Waals surface area contributed by atoms with Crippen molar-refractivity contribution >= 4 is 11.9 Å². The molecule has 1 heterocycles. The minimum absolute atomic E-state index is 0.189. The monoisotopic (exact) mass is 289 g/mol. The number of rotatable bonds is 5. The lowest BCUT2D eigenvalue weighted by Gasteiger charge is -2.21.